The van der Waals surface area contributed by atoms with E-state index in [1.165, 1.54) is 88.1 Å². The number of unbranched alkanes of at least 4 members (excludes halogenated alkanes) is 9. The summed E-state index contributed by atoms with van der Waals surface area (Å²) in [7, 11) is -16.5. The zero-order valence-corrected chi connectivity index (χ0v) is 33.1. The molecule has 13 N–H and O–H groups in total. The van der Waals surface area contributed by atoms with E-state index in [1.807, 2.05) is 0 Å². The molecule has 5 atom stereocenters. The van der Waals surface area contributed by atoms with E-state index in [0.717, 1.165) is 30.3 Å². The van der Waals surface area contributed by atoms with E-state index in [9.17, 15) is 42.8 Å². The maximum atomic E-state index is 12.3. The summed E-state index contributed by atoms with van der Waals surface area (Å²) >= 11 is 0. The number of hydrogen-bond acceptors (Lipinski definition) is 16. The minimum atomic E-state index is -5.73. The predicted octanol–water partition coefficient (Wildman–Crippen LogP) is 6.79. The van der Waals surface area contributed by atoms with Gasteiger partial charge in [0.25, 0.3) is 5.56 Å². The SMILES string of the molecule is CCCCCCCCCCCCOC(=O)Oc1ccc(COP(=O)(O)OP(=O)(O)OP(=O)(O)OC[C@@H]2C=C[C@H](n3cc(C)c(=O)[nH]c3=O)O2)cc1.N.N.N. The summed E-state index contributed by atoms with van der Waals surface area (Å²) in [6.07, 6.45) is 12.5. The highest BCUT2D eigenvalue weighted by Crippen LogP contribution is 2.67. The molecule has 54 heavy (non-hydrogen) atoms. The Balaban J connectivity index is 0.00000936. The van der Waals surface area contributed by atoms with Gasteiger partial charge < -0.3 is 47.3 Å². The van der Waals surface area contributed by atoms with Gasteiger partial charge in [-0.05, 0) is 37.1 Å². The van der Waals surface area contributed by atoms with Crippen LogP contribution in [-0.2, 0) is 47.4 Å². The van der Waals surface area contributed by atoms with Crippen LogP contribution in [0, 0.1) is 6.92 Å². The van der Waals surface area contributed by atoms with Crippen LogP contribution in [0.1, 0.15) is 88.5 Å². The Bertz CT molecular complexity index is 1720. The Labute approximate surface area is 312 Å². The van der Waals surface area contributed by atoms with Crippen LogP contribution in [-0.4, -0.2) is 49.7 Å². The second kappa shape index (κ2) is 24.6. The molecule has 0 radical (unpaired) electrons. The zero-order valence-electron chi connectivity index (χ0n) is 30.4. The summed E-state index contributed by atoms with van der Waals surface area (Å²) in [5, 5.41) is 0. The second-order valence-electron chi connectivity index (χ2n) is 11.6. The van der Waals surface area contributed by atoms with Crippen LogP contribution < -0.4 is 34.4 Å². The van der Waals surface area contributed by atoms with Crippen molar-refractivity contribution < 1.29 is 65.0 Å². The standard InChI is InChI=1S/C30H45N2O16P3.3H3N/c1-3-4-5-6-7-8-9-10-11-12-19-42-30(35)46-25-15-13-24(14-16-25)21-43-49(36,37)47-51(40,41)48-50(38,39)44-22-26-17-18-27(45-26)32-20-23(2)28(33)31-29(32)34;;;/h13-18,20,26-27H,3-12,19,21-22H2,1-2H3,(H,36,37)(H,38,39)(H,40,41)(H,31,33,34);3*1H3/t26-,27+;;;/m0.../s1. The van der Waals surface area contributed by atoms with Crippen molar-refractivity contribution in [3.8, 4) is 5.75 Å². The van der Waals surface area contributed by atoms with E-state index in [0.29, 0.717) is 0 Å². The summed E-state index contributed by atoms with van der Waals surface area (Å²) in [4.78, 5) is 67.3. The van der Waals surface area contributed by atoms with Crippen molar-refractivity contribution in [1.29, 1.82) is 0 Å². The van der Waals surface area contributed by atoms with Gasteiger partial charge in [-0.25, -0.2) is 23.3 Å². The quantitative estimate of drug-likeness (QED) is 0.0199. The molecular formula is C30H54N5O16P3. The Morgan fingerprint density at radius 2 is 1.37 bits per heavy atom. The number of H-pyrrole nitrogens is 1. The van der Waals surface area contributed by atoms with Crippen LogP contribution in [0.2, 0.25) is 0 Å². The lowest BCUT2D eigenvalue weighted by Gasteiger charge is -2.20. The number of aryl methyl sites for hydroxylation is 1. The Hall–Kier alpha value is -2.84. The van der Waals surface area contributed by atoms with E-state index in [4.69, 9.17) is 14.2 Å². The molecule has 0 fully saturated rings. The van der Waals surface area contributed by atoms with Gasteiger partial charge in [0.1, 0.15) is 11.9 Å². The van der Waals surface area contributed by atoms with Gasteiger partial charge in [0.2, 0.25) is 0 Å². The van der Waals surface area contributed by atoms with Crippen LogP contribution in [0.25, 0.3) is 0 Å². The van der Waals surface area contributed by atoms with E-state index in [-0.39, 0.29) is 41.9 Å². The zero-order chi connectivity index (χ0) is 37.5. The third kappa shape index (κ3) is 19.2. The fraction of sp³-hybridized carbons (Fsp3) is 0.567. The number of hydrogen-bond donors (Lipinski definition) is 7. The topological polar surface area (TPSA) is 353 Å². The second-order valence-corrected chi connectivity index (χ2v) is 16.2. The summed E-state index contributed by atoms with van der Waals surface area (Å²) in [6, 6.07) is 5.45. The molecule has 21 nitrogen and oxygen atoms in total. The van der Waals surface area contributed by atoms with Gasteiger partial charge in [0.15, 0.2) is 6.23 Å². The maximum absolute atomic E-state index is 12.3. The summed E-state index contributed by atoms with van der Waals surface area (Å²) in [5.41, 5.74) is -0.880. The molecule has 0 amide bonds. The van der Waals surface area contributed by atoms with Crippen molar-refractivity contribution in [2.75, 3.05) is 13.2 Å². The number of carbonyl (C=O) groups excluding carboxylic acids is 1. The van der Waals surface area contributed by atoms with Gasteiger partial charge in [-0.1, -0.05) is 82.9 Å². The molecule has 0 bridgehead atoms. The van der Waals surface area contributed by atoms with Crippen LogP contribution in [0.3, 0.4) is 0 Å². The number of carbonyl (C=O) groups is 1. The highest BCUT2D eigenvalue weighted by Gasteiger charge is 2.42. The van der Waals surface area contributed by atoms with Crippen molar-refractivity contribution in [3.05, 3.63) is 74.6 Å². The van der Waals surface area contributed by atoms with Crippen LogP contribution in [0.4, 0.5) is 4.79 Å². The molecule has 3 rings (SSSR count). The van der Waals surface area contributed by atoms with Crippen molar-refractivity contribution in [3.63, 3.8) is 0 Å². The van der Waals surface area contributed by atoms with Crippen LogP contribution in [0.15, 0.2) is 52.2 Å². The summed E-state index contributed by atoms with van der Waals surface area (Å²) in [6.45, 7) is 2.53. The largest absolute Gasteiger partial charge is 0.513 e. The molecular weight excluding hydrogens is 779 g/mol. The molecule has 0 saturated heterocycles. The average molecular weight is 834 g/mol. The first-order chi connectivity index (χ1) is 24.1. The van der Waals surface area contributed by atoms with E-state index in [2.05, 4.69) is 29.6 Å². The predicted molar refractivity (Wildman–Crippen MR) is 197 cm³/mol. The molecule has 1 aliphatic heterocycles. The van der Waals surface area contributed by atoms with Crippen LogP contribution in [0.5, 0.6) is 5.75 Å². The number of nitrogens with one attached hydrogen (secondary N) is 1. The number of nitrogens with zero attached hydrogens (tertiary/aromatic N) is 1. The van der Waals surface area contributed by atoms with Crippen LogP contribution >= 0.6 is 23.5 Å². The van der Waals surface area contributed by atoms with Crippen molar-refractivity contribution >= 4 is 29.6 Å². The first-order valence-corrected chi connectivity index (χ1v) is 20.9. The number of aromatic nitrogens is 2. The number of benzene rings is 1. The number of phosphoric acid groups is 3. The molecule has 3 unspecified atom stereocenters. The highest BCUT2D eigenvalue weighted by atomic mass is 31.3. The van der Waals surface area contributed by atoms with Crippen molar-refractivity contribution in [2.24, 2.45) is 0 Å². The monoisotopic (exact) mass is 833 g/mol. The minimum Gasteiger partial charge on any atom is -0.434 e. The number of rotatable bonds is 23. The molecule has 1 aliphatic rings. The molecule has 310 valence electrons. The van der Waals surface area contributed by atoms with Gasteiger partial charge in [0, 0.05) is 11.8 Å². The van der Waals surface area contributed by atoms with Gasteiger partial charge in [-0.15, -0.1) is 0 Å². The number of aromatic amines is 1. The van der Waals surface area contributed by atoms with Crippen molar-refractivity contribution in [2.45, 2.75) is 97.0 Å². The molecule has 0 saturated carbocycles. The number of ether oxygens (including phenoxy) is 3. The third-order valence-electron chi connectivity index (χ3n) is 7.28. The first-order valence-electron chi connectivity index (χ1n) is 16.4. The molecule has 2 heterocycles. The molecule has 1 aromatic heterocycles. The normalized spacial score (nSPS) is 18.2. The van der Waals surface area contributed by atoms with Gasteiger partial charge in [-0.2, -0.15) is 8.62 Å². The Kier molecular flexibility index (Phi) is 23.3. The molecule has 0 aliphatic carbocycles. The maximum Gasteiger partial charge on any atom is 0.513 e. The first kappa shape index (κ1) is 51.2. The summed E-state index contributed by atoms with van der Waals surface area (Å²) in [5.74, 6) is 0.122. The van der Waals surface area contributed by atoms with E-state index < -0.39 is 66.4 Å². The molecule has 2 aromatic rings. The smallest absolute Gasteiger partial charge is 0.434 e. The minimum absolute atomic E-state index is 0. The highest BCUT2D eigenvalue weighted by molar-refractivity contribution is 7.66. The fourth-order valence-electron chi connectivity index (χ4n) is 4.69. The van der Waals surface area contributed by atoms with Gasteiger partial charge in [0.05, 0.1) is 19.8 Å². The van der Waals surface area contributed by atoms with Gasteiger partial charge in [-0.3, -0.25) is 23.4 Å². The lowest BCUT2D eigenvalue weighted by Crippen LogP contribution is -2.33. The third-order valence-corrected chi connectivity index (χ3v) is 11.5. The van der Waals surface area contributed by atoms with Crippen molar-refractivity contribution in [1.82, 2.24) is 28.0 Å². The van der Waals surface area contributed by atoms with Gasteiger partial charge >= 0.3 is 35.3 Å². The molecule has 0 spiro atoms. The van der Waals surface area contributed by atoms with E-state index in [1.54, 1.807) is 0 Å². The fourth-order valence-corrected chi connectivity index (χ4v) is 8.19. The van der Waals surface area contributed by atoms with E-state index >= 15 is 0 Å². The number of phosphoric ester groups is 2. The summed E-state index contributed by atoms with van der Waals surface area (Å²) < 4.78 is 71.0. The Morgan fingerprint density at radius 3 is 1.96 bits per heavy atom. The lowest BCUT2D eigenvalue weighted by molar-refractivity contribution is -0.0105. The molecule has 1 aromatic carbocycles. The lowest BCUT2D eigenvalue weighted by atomic mass is 10.1. The average Bonchev–Trinajstić information content (AvgIpc) is 3.52. The molecule has 24 heteroatoms. The Morgan fingerprint density at radius 1 is 0.815 bits per heavy atom.